The highest BCUT2D eigenvalue weighted by molar-refractivity contribution is 5.69. The summed E-state index contributed by atoms with van der Waals surface area (Å²) < 4.78 is 13.3. The molecular formula is C12H13FN2O4. The van der Waals surface area contributed by atoms with Gasteiger partial charge in [-0.25, -0.2) is 4.39 Å². The number of halogens is 1. The molecule has 19 heavy (non-hydrogen) atoms. The van der Waals surface area contributed by atoms with Crippen LogP contribution in [0.2, 0.25) is 0 Å². The van der Waals surface area contributed by atoms with E-state index in [1.165, 1.54) is 12.1 Å². The monoisotopic (exact) mass is 268 g/mol. The van der Waals surface area contributed by atoms with E-state index in [1.54, 1.807) is 4.90 Å². The third-order valence-electron chi connectivity index (χ3n) is 2.94. The number of carboxylic acids is 1. The number of nitrogens with zero attached hydrogens (tertiary/aromatic N) is 2. The van der Waals surface area contributed by atoms with E-state index >= 15 is 0 Å². The molecule has 0 heterocycles. The van der Waals surface area contributed by atoms with Crippen LogP contribution in [0, 0.1) is 15.9 Å². The van der Waals surface area contributed by atoms with Gasteiger partial charge in [0.25, 0.3) is 5.69 Å². The van der Waals surface area contributed by atoms with E-state index in [0.717, 1.165) is 18.9 Å². The fourth-order valence-corrected chi connectivity index (χ4v) is 1.99. The molecule has 1 saturated carbocycles. The largest absolute Gasteiger partial charge is 0.480 e. The lowest BCUT2D eigenvalue weighted by Crippen LogP contribution is -2.31. The zero-order valence-electron chi connectivity index (χ0n) is 10.1. The topological polar surface area (TPSA) is 83.7 Å². The second-order valence-corrected chi connectivity index (χ2v) is 4.60. The number of non-ortho nitro benzene ring substituents is 1. The Morgan fingerprint density at radius 2 is 2.16 bits per heavy atom. The van der Waals surface area contributed by atoms with E-state index in [1.807, 2.05) is 0 Å². The second-order valence-electron chi connectivity index (χ2n) is 4.60. The summed E-state index contributed by atoms with van der Waals surface area (Å²) in [6.07, 6.45) is 1.81. The molecule has 1 aliphatic carbocycles. The van der Waals surface area contributed by atoms with Crippen LogP contribution in [0.4, 0.5) is 10.1 Å². The summed E-state index contributed by atoms with van der Waals surface area (Å²) in [6.45, 7) is 0.0601. The van der Waals surface area contributed by atoms with Crippen molar-refractivity contribution in [1.82, 2.24) is 4.90 Å². The van der Waals surface area contributed by atoms with Crippen LogP contribution in [0.25, 0.3) is 0 Å². The highest BCUT2D eigenvalue weighted by atomic mass is 19.1. The molecular weight excluding hydrogens is 255 g/mol. The summed E-state index contributed by atoms with van der Waals surface area (Å²) in [5, 5.41) is 19.5. The van der Waals surface area contributed by atoms with Crippen LogP contribution in [0.15, 0.2) is 18.2 Å². The fourth-order valence-electron chi connectivity index (χ4n) is 1.99. The molecule has 7 heteroatoms. The summed E-state index contributed by atoms with van der Waals surface area (Å²) in [5.41, 5.74) is 0.0981. The Kier molecular flexibility index (Phi) is 3.75. The van der Waals surface area contributed by atoms with Crippen molar-refractivity contribution in [1.29, 1.82) is 0 Å². The number of nitro benzene ring substituents is 1. The number of carboxylic acid groups (broad SMARTS) is 1. The molecule has 0 saturated heterocycles. The Balaban J connectivity index is 2.16. The first-order chi connectivity index (χ1) is 8.95. The summed E-state index contributed by atoms with van der Waals surface area (Å²) >= 11 is 0. The normalized spacial score (nSPS) is 14.6. The molecule has 1 aliphatic rings. The molecule has 0 bridgehead atoms. The first kappa shape index (κ1) is 13.4. The fraction of sp³-hybridized carbons (Fsp3) is 0.417. The molecule has 0 aliphatic heterocycles. The smallest absolute Gasteiger partial charge is 0.317 e. The van der Waals surface area contributed by atoms with E-state index in [2.05, 4.69) is 0 Å². The summed E-state index contributed by atoms with van der Waals surface area (Å²) in [7, 11) is 0. The number of benzene rings is 1. The van der Waals surface area contributed by atoms with Crippen molar-refractivity contribution in [3.05, 3.63) is 39.7 Å². The molecule has 1 fully saturated rings. The quantitative estimate of drug-likeness (QED) is 0.628. The maximum Gasteiger partial charge on any atom is 0.317 e. The number of aliphatic carboxylic acids is 1. The molecule has 0 spiro atoms. The highest BCUT2D eigenvalue weighted by Gasteiger charge is 2.30. The lowest BCUT2D eigenvalue weighted by atomic mass is 10.1. The highest BCUT2D eigenvalue weighted by Crippen LogP contribution is 2.28. The van der Waals surface area contributed by atoms with Gasteiger partial charge in [-0.15, -0.1) is 0 Å². The molecule has 0 unspecified atom stereocenters. The van der Waals surface area contributed by atoms with Crippen LogP contribution in [-0.2, 0) is 11.3 Å². The molecule has 2 rings (SSSR count). The SMILES string of the molecule is O=C(O)CN(Cc1cc(F)cc([N+](=O)[O-])c1)C1CC1. The average molecular weight is 268 g/mol. The Morgan fingerprint density at radius 3 is 2.68 bits per heavy atom. The summed E-state index contributed by atoms with van der Waals surface area (Å²) in [4.78, 5) is 22.4. The molecule has 1 aromatic carbocycles. The van der Waals surface area contributed by atoms with Gasteiger partial charge < -0.3 is 5.11 Å². The van der Waals surface area contributed by atoms with Gasteiger partial charge in [0.2, 0.25) is 0 Å². The minimum Gasteiger partial charge on any atom is -0.480 e. The summed E-state index contributed by atoms with van der Waals surface area (Å²) in [6, 6.07) is 3.51. The van der Waals surface area contributed by atoms with Gasteiger partial charge in [-0.1, -0.05) is 0 Å². The van der Waals surface area contributed by atoms with Crippen molar-refractivity contribution < 1.29 is 19.2 Å². The predicted molar refractivity (Wildman–Crippen MR) is 64.1 cm³/mol. The molecule has 102 valence electrons. The minimum absolute atomic E-state index is 0.144. The Bertz CT molecular complexity index is 516. The maximum absolute atomic E-state index is 13.3. The van der Waals surface area contributed by atoms with E-state index in [4.69, 9.17) is 5.11 Å². The van der Waals surface area contributed by atoms with Gasteiger partial charge in [0.05, 0.1) is 17.5 Å². The van der Waals surface area contributed by atoms with Crippen molar-refractivity contribution in [2.75, 3.05) is 6.54 Å². The summed E-state index contributed by atoms with van der Waals surface area (Å²) in [5.74, 6) is -1.65. The van der Waals surface area contributed by atoms with E-state index in [-0.39, 0.29) is 24.8 Å². The van der Waals surface area contributed by atoms with E-state index in [9.17, 15) is 19.3 Å². The lowest BCUT2D eigenvalue weighted by molar-refractivity contribution is -0.385. The Morgan fingerprint density at radius 1 is 1.47 bits per heavy atom. The van der Waals surface area contributed by atoms with E-state index < -0.39 is 16.7 Å². The number of carbonyl (C=O) groups is 1. The van der Waals surface area contributed by atoms with Gasteiger partial charge in [0.1, 0.15) is 5.82 Å². The standard InChI is InChI=1S/C12H13FN2O4/c13-9-3-8(4-11(5-9)15(18)19)6-14(7-12(16)17)10-1-2-10/h3-5,10H,1-2,6-7H2,(H,16,17). The first-order valence-corrected chi connectivity index (χ1v) is 5.85. The van der Waals surface area contributed by atoms with Crippen LogP contribution >= 0.6 is 0 Å². The van der Waals surface area contributed by atoms with Crippen molar-refractivity contribution in [2.45, 2.75) is 25.4 Å². The predicted octanol–water partition coefficient (Wildman–Crippen LogP) is 1.78. The zero-order valence-corrected chi connectivity index (χ0v) is 10.1. The number of rotatable bonds is 6. The molecule has 1 aromatic rings. The third-order valence-corrected chi connectivity index (χ3v) is 2.94. The minimum atomic E-state index is -0.960. The van der Waals surface area contributed by atoms with Crippen molar-refractivity contribution in [3.63, 3.8) is 0 Å². The van der Waals surface area contributed by atoms with Crippen LogP contribution in [0.1, 0.15) is 18.4 Å². The van der Waals surface area contributed by atoms with Gasteiger partial charge >= 0.3 is 5.97 Å². The molecule has 1 N–H and O–H groups in total. The molecule has 0 aromatic heterocycles. The molecule has 6 nitrogen and oxygen atoms in total. The van der Waals surface area contributed by atoms with Crippen LogP contribution < -0.4 is 0 Å². The first-order valence-electron chi connectivity index (χ1n) is 5.85. The number of nitro groups is 1. The Labute approximate surface area is 108 Å². The maximum atomic E-state index is 13.3. The number of hydrogen-bond acceptors (Lipinski definition) is 4. The van der Waals surface area contributed by atoms with Crippen LogP contribution in [-0.4, -0.2) is 33.5 Å². The molecule has 0 radical (unpaired) electrons. The van der Waals surface area contributed by atoms with Crippen molar-refractivity contribution in [2.24, 2.45) is 0 Å². The van der Waals surface area contributed by atoms with E-state index in [0.29, 0.717) is 5.56 Å². The van der Waals surface area contributed by atoms with Gasteiger partial charge in [-0.2, -0.15) is 0 Å². The van der Waals surface area contributed by atoms with Crippen molar-refractivity contribution >= 4 is 11.7 Å². The molecule has 0 atom stereocenters. The van der Waals surface area contributed by atoms with Crippen molar-refractivity contribution in [3.8, 4) is 0 Å². The van der Waals surface area contributed by atoms with Crippen LogP contribution in [0.5, 0.6) is 0 Å². The third kappa shape index (κ3) is 3.72. The van der Waals surface area contributed by atoms with Gasteiger partial charge in [0, 0.05) is 18.7 Å². The average Bonchev–Trinajstić information content (AvgIpc) is 3.10. The van der Waals surface area contributed by atoms with Gasteiger partial charge in [0.15, 0.2) is 0 Å². The number of hydrogen-bond donors (Lipinski definition) is 1. The molecule has 0 amide bonds. The zero-order chi connectivity index (χ0) is 14.0. The lowest BCUT2D eigenvalue weighted by Gasteiger charge is -2.19. The van der Waals surface area contributed by atoms with Gasteiger partial charge in [-0.05, 0) is 24.5 Å². The van der Waals surface area contributed by atoms with Gasteiger partial charge in [-0.3, -0.25) is 19.8 Å². The second kappa shape index (κ2) is 5.31. The van der Waals surface area contributed by atoms with Crippen LogP contribution in [0.3, 0.4) is 0 Å². The Hall–Kier alpha value is -2.02.